The minimum atomic E-state index is 0.731. The van der Waals surface area contributed by atoms with Gasteiger partial charge in [-0.1, -0.05) is 71.3 Å². The lowest BCUT2D eigenvalue weighted by molar-refractivity contribution is 0.178. The summed E-state index contributed by atoms with van der Waals surface area (Å²) in [5, 5.41) is 0. The Labute approximate surface area is 184 Å². The molecule has 1 aromatic carbocycles. The minimum Gasteiger partial charge on any atom is -0.493 e. The minimum absolute atomic E-state index is 0.731. The van der Waals surface area contributed by atoms with Crippen LogP contribution in [0.1, 0.15) is 90.0 Å². The molecule has 1 aliphatic rings. The van der Waals surface area contributed by atoms with E-state index in [9.17, 15) is 0 Å². The van der Waals surface area contributed by atoms with Gasteiger partial charge < -0.3 is 4.74 Å². The van der Waals surface area contributed by atoms with Gasteiger partial charge in [0.2, 0.25) is 0 Å². The number of unbranched alkanes of at least 4 members (excludes halogenated alkanes) is 4. The summed E-state index contributed by atoms with van der Waals surface area (Å²) in [5.41, 5.74) is 3.56. The van der Waals surface area contributed by atoms with Crippen LogP contribution in [-0.2, 0) is 6.42 Å². The van der Waals surface area contributed by atoms with Crippen molar-refractivity contribution in [1.29, 1.82) is 0 Å². The van der Waals surface area contributed by atoms with Crippen LogP contribution >= 0.6 is 0 Å². The summed E-state index contributed by atoms with van der Waals surface area (Å²) in [6, 6.07) is 12.9. The molecule has 0 saturated heterocycles. The maximum atomic E-state index is 6.10. The van der Waals surface area contributed by atoms with Crippen molar-refractivity contribution in [1.82, 2.24) is 4.98 Å². The first-order chi connectivity index (χ1) is 14.8. The normalized spacial score (nSPS) is 19.0. The molecule has 0 amide bonds. The van der Waals surface area contributed by atoms with Crippen LogP contribution in [0.25, 0.3) is 11.3 Å². The van der Waals surface area contributed by atoms with Crippen LogP contribution in [0.3, 0.4) is 0 Å². The smallest absolute Gasteiger partial charge is 0.119 e. The highest BCUT2D eigenvalue weighted by Crippen LogP contribution is 2.32. The number of pyridine rings is 1. The maximum Gasteiger partial charge on any atom is 0.119 e. The lowest BCUT2D eigenvalue weighted by Crippen LogP contribution is -2.20. The maximum absolute atomic E-state index is 6.10. The Hall–Kier alpha value is -1.83. The van der Waals surface area contributed by atoms with Crippen molar-refractivity contribution in [3.8, 4) is 17.0 Å². The highest BCUT2D eigenvalue weighted by Gasteiger charge is 2.20. The van der Waals surface area contributed by atoms with Gasteiger partial charge in [-0.15, -0.1) is 0 Å². The zero-order chi connectivity index (χ0) is 21.0. The molecule has 3 rings (SSSR count). The Bertz CT molecular complexity index is 698. The van der Waals surface area contributed by atoms with E-state index < -0.39 is 0 Å². The Morgan fingerprint density at radius 1 is 0.800 bits per heavy atom. The molecule has 2 aromatic rings. The molecular weight excluding hydrogens is 366 g/mol. The fourth-order valence-corrected chi connectivity index (χ4v) is 4.71. The van der Waals surface area contributed by atoms with Crippen molar-refractivity contribution in [3.63, 3.8) is 0 Å². The standard InChI is InChI=1S/C28H41NO/c1-3-5-6-7-8-10-24-15-20-28(29-21-24)26-16-18-27(19-17-26)30-22-25-13-11-23(9-4-2)12-14-25/h15-21,23,25H,3-14,22H2,1-2H3. The lowest BCUT2D eigenvalue weighted by Gasteiger charge is -2.28. The molecular formula is C28H41NO. The molecule has 1 heterocycles. The summed E-state index contributed by atoms with van der Waals surface area (Å²) < 4.78 is 6.10. The van der Waals surface area contributed by atoms with E-state index in [1.807, 2.05) is 0 Å². The molecule has 164 valence electrons. The topological polar surface area (TPSA) is 22.1 Å². The molecule has 0 N–H and O–H groups in total. The van der Waals surface area contributed by atoms with Gasteiger partial charge in [-0.2, -0.15) is 0 Å². The van der Waals surface area contributed by atoms with Crippen LogP contribution in [0.4, 0.5) is 0 Å². The van der Waals surface area contributed by atoms with Gasteiger partial charge in [-0.05, 0) is 73.4 Å². The van der Waals surface area contributed by atoms with Gasteiger partial charge in [0.05, 0.1) is 12.3 Å². The molecule has 1 saturated carbocycles. The van der Waals surface area contributed by atoms with E-state index in [1.54, 1.807) is 0 Å². The van der Waals surface area contributed by atoms with Gasteiger partial charge in [0.15, 0.2) is 0 Å². The average molecular weight is 408 g/mol. The fraction of sp³-hybridized carbons (Fsp3) is 0.607. The van der Waals surface area contributed by atoms with Gasteiger partial charge in [0.25, 0.3) is 0 Å². The highest BCUT2D eigenvalue weighted by atomic mass is 16.5. The van der Waals surface area contributed by atoms with Crippen molar-refractivity contribution in [3.05, 3.63) is 48.2 Å². The number of benzene rings is 1. The first-order valence-electron chi connectivity index (χ1n) is 12.5. The number of hydrogen-bond acceptors (Lipinski definition) is 2. The molecule has 0 radical (unpaired) electrons. The first kappa shape index (κ1) is 22.8. The predicted octanol–water partition coefficient (Wildman–Crippen LogP) is 8.25. The average Bonchev–Trinajstić information content (AvgIpc) is 2.79. The number of aryl methyl sites for hydroxylation is 1. The summed E-state index contributed by atoms with van der Waals surface area (Å²) in [6.07, 6.45) is 18.0. The highest BCUT2D eigenvalue weighted by molar-refractivity contribution is 5.60. The van der Waals surface area contributed by atoms with Gasteiger partial charge >= 0.3 is 0 Å². The van der Waals surface area contributed by atoms with Gasteiger partial charge in [-0.25, -0.2) is 0 Å². The SMILES string of the molecule is CCCCCCCc1ccc(-c2ccc(OCC3CCC(CCC)CC3)cc2)nc1. The predicted molar refractivity (Wildman–Crippen MR) is 128 cm³/mol. The largest absolute Gasteiger partial charge is 0.493 e. The Morgan fingerprint density at radius 2 is 1.53 bits per heavy atom. The molecule has 2 heteroatoms. The second-order valence-electron chi connectivity index (χ2n) is 9.23. The summed E-state index contributed by atoms with van der Waals surface area (Å²) in [4.78, 5) is 4.69. The summed E-state index contributed by atoms with van der Waals surface area (Å²) in [6.45, 7) is 5.43. The van der Waals surface area contributed by atoms with Crippen LogP contribution in [-0.4, -0.2) is 11.6 Å². The molecule has 0 spiro atoms. The van der Waals surface area contributed by atoms with Crippen LogP contribution in [0.2, 0.25) is 0 Å². The Morgan fingerprint density at radius 3 is 2.20 bits per heavy atom. The summed E-state index contributed by atoms with van der Waals surface area (Å²) in [7, 11) is 0. The van der Waals surface area contributed by atoms with Crippen LogP contribution in [0, 0.1) is 11.8 Å². The zero-order valence-electron chi connectivity index (χ0n) is 19.2. The number of nitrogens with zero attached hydrogens (tertiary/aromatic N) is 1. The molecule has 30 heavy (non-hydrogen) atoms. The molecule has 0 unspecified atom stereocenters. The zero-order valence-corrected chi connectivity index (χ0v) is 19.2. The number of hydrogen-bond donors (Lipinski definition) is 0. The van der Waals surface area contributed by atoms with Crippen LogP contribution in [0.15, 0.2) is 42.6 Å². The fourth-order valence-electron chi connectivity index (χ4n) is 4.71. The van der Waals surface area contributed by atoms with E-state index in [0.29, 0.717) is 0 Å². The van der Waals surface area contributed by atoms with Gasteiger partial charge in [0.1, 0.15) is 5.75 Å². The van der Waals surface area contributed by atoms with E-state index in [1.165, 1.54) is 76.2 Å². The van der Waals surface area contributed by atoms with Crippen LogP contribution < -0.4 is 4.74 Å². The second kappa shape index (κ2) is 12.8. The molecule has 0 atom stereocenters. The van der Waals surface area contributed by atoms with Crippen molar-refractivity contribution in [2.45, 2.75) is 90.9 Å². The van der Waals surface area contributed by atoms with E-state index in [0.717, 1.165) is 41.9 Å². The van der Waals surface area contributed by atoms with E-state index in [4.69, 9.17) is 9.72 Å². The van der Waals surface area contributed by atoms with Crippen molar-refractivity contribution < 1.29 is 4.74 Å². The molecule has 1 aromatic heterocycles. The third kappa shape index (κ3) is 7.45. The Kier molecular flexibility index (Phi) is 9.73. The van der Waals surface area contributed by atoms with Crippen molar-refractivity contribution in [2.24, 2.45) is 11.8 Å². The monoisotopic (exact) mass is 407 g/mol. The van der Waals surface area contributed by atoms with Gasteiger partial charge in [0, 0.05) is 11.8 Å². The molecule has 0 bridgehead atoms. The molecule has 1 aliphatic carbocycles. The second-order valence-corrected chi connectivity index (χ2v) is 9.23. The summed E-state index contributed by atoms with van der Waals surface area (Å²) in [5.74, 6) is 2.68. The molecule has 2 nitrogen and oxygen atoms in total. The number of ether oxygens (including phenoxy) is 1. The third-order valence-corrected chi connectivity index (χ3v) is 6.69. The molecule has 0 aliphatic heterocycles. The first-order valence-corrected chi connectivity index (χ1v) is 12.5. The number of aromatic nitrogens is 1. The van der Waals surface area contributed by atoms with Crippen molar-refractivity contribution in [2.75, 3.05) is 6.61 Å². The summed E-state index contributed by atoms with van der Waals surface area (Å²) >= 11 is 0. The number of rotatable bonds is 12. The van der Waals surface area contributed by atoms with Gasteiger partial charge in [-0.3, -0.25) is 4.98 Å². The van der Waals surface area contributed by atoms with Crippen molar-refractivity contribution >= 4 is 0 Å². The quantitative estimate of drug-likeness (QED) is 0.330. The lowest BCUT2D eigenvalue weighted by atomic mass is 9.80. The third-order valence-electron chi connectivity index (χ3n) is 6.69. The molecule has 1 fully saturated rings. The Balaban J connectivity index is 1.42. The van der Waals surface area contributed by atoms with E-state index in [-0.39, 0.29) is 0 Å². The van der Waals surface area contributed by atoms with Crippen LogP contribution in [0.5, 0.6) is 5.75 Å². The van der Waals surface area contributed by atoms with E-state index in [2.05, 4.69) is 56.4 Å². The van der Waals surface area contributed by atoms with E-state index >= 15 is 0 Å².